The van der Waals surface area contributed by atoms with Crippen molar-refractivity contribution < 1.29 is 9.53 Å². The molecular weight excluding hydrogens is 316 g/mol. The maximum Gasteiger partial charge on any atom is 0.315 e. The molecule has 0 aliphatic heterocycles. The summed E-state index contributed by atoms with van der Waals surface area (Å²) in [6.45, 7) is 2.50. The number of hydrogen-bond acceptors (Lipinski definition) is 4. The predicted molar refractivity (Wildman–Crippen MR) is 88.2 cm³/mol. The molecule has 0 spiro atoms. The second-order valence-corrected chi connectivity index (χ2v) is 5.42. The van der Waals surface area contributed by atoms with Crippen molar-refractivity contribution in [3.8, 4) is 0 Å². The molecule has 2 rings (SSSR count). The Bertz CT molecular complexity index is 649. The van der Waals surface area contributed by atoms with Gasteiger partial charge < -0.3 is 15.4 Å². The van der Waals surface area contributed by atoms with Crippen LogP contribution in [0.15, 0.2) is 36.5 Å². The number of nitrogens with zero attached hydrogens (tertiary/aromatic N) is 2. The summed E-state index contributed by atoms with van der Waals surface area (Å²) in [5, 5.41) is 6.30. The first kappa shape index (κ1) is 17.2. The topological polar surface area (TPSA) is 76.1 Å². The summed E-state index contributed by atoms with van der Waals surface area (Å²) in [5.74, 6) is 0.670. The van der Waals surface area contributed by atoms with Crippen molar-refractivity contribution in [3.05, 3.63) is 58.6 Å². The van der Waals surface area contributed by atoms with E-state index in [0.717, 1.165) is 11.3 Å². The highest BCUT2D eigenvalue weighted by molar-refractivity contribution is 6.30. The minimum absolute atomic E-state index is 0.260. The number of hydrogen-bond donors (Lipinski definition) is 2. The van der Waals surface area contributed by atoms with E-state index in [0.29, 0.717) is 24.0 Å². The van der Waals surface area contributed by atoms with Gasteiger partial charge in [-0.05, 0) is 30.7 Å². The van der Waals surface area contributed by atoms with E-state index < -0.39 is 0 Å². The Labute approximate surface area is 140 Å². The molecule has 122 valence electrons. The van der Waals surface area contributed by atoms with Crippen LogP contribution >= 0.6 is 11.6 Å². The number of carbonyl (C=O) groups is 1. The summed E-state index contributed by atoms with van der Waals surface area (Å²) in [5.41, 5.74) is 1.67. The highest BCUT2D eigenvalue weighted by Crippen LogP contribution is 2.16. The first-order valence-electron chi connectivity index (χ1n) is 7.16. The molecule has 0 saturated heterocycles. The molecule has 0 fully saturated rings. The zero-order chi connectivity index (χ0) is 16.7. The van der Waals surface area contributed by atoms with Gasteiger partial charge in [0.25, 0.3) is 0 Å². The largest absolute Gasteiger partial charge is 0.382 e. The number of benzene rings is 1. The summed E-state index contributed by atoms with van der Waals surface area (Å²) in [7, 11) is 1.59. The summed E-state index contributed by atoms with van der Waals surface area (Å²) in [6, 6.07) is 8.49. The van der Waals surface area contributed by atoms with E-state index >= 15 is 0 Å². The molecule has 2 aromatic rings. The van der Waals surface area contributed by atoms with E-state index in [2.05, 4.69) is 20.6 Å². The van der Waals surface area contributed by atoms with Gasteiger partial charge in [0.15, 0.2) is 0 Å². The van der Waals surface area contributed by atoms with Crippen LogP contribution in [0.5, 0.6) is 0 Å². The number of nitrogens with one attached hydrogen (secondary N) is 2. The molecule has 0 saturated carbocycles. The molecule has 1 aromatic carbocycles. The Hall–Kier alpha value is -2.18. The highest BCUT2D eigenvalue weighted by Gasteiger charge is 2.14. The molecule has 2 amide bonds. The number of aryl methyl sites for hydroxylation is 1. The minimum atomic E-state index is -0.293. The number of methoxy groups -OCH3 is 1. The van der Waals surface area contributed by atoms with Gasteiger partial charge >= 0.3 is 6.03 Å². The SMILES string of the molecule is COC[C@@H](NC(=O)NCc1ccnc(C)n1)c1ccc(Cl)cc1. The molecule has 2 N–H and O–H groups in total. The molecule has 1 atom stereocenters. The molecule has 1 heterocycles. The quantitative estimate of drug-likeness (QED) is 0.851. The van der Waals surface area contributed by atoms with Crippen molar-refractivity contribution in [1.82, 2.24) is 20.6 Å². The first-order valence-corrected chi connectivity index (χ1v) is 7.53. The van der Waals surface area contributed by atoms with Crippen LogP contribution in [0, 0.1) is 6.92 Å². The Morgan fingerprint density at radius 3 is 2.70 bits per heavy atom. The maximum absolute atomic E-state index is 12.1. The zero-order valence-corrected chi connectivity index (χ0v) is 13.8. The van der Waals surface area contributed by atoms with Gasteiger partial charge in [-0.3, -0.25) is 0 Å². The molecule has 23 heavy (non-hydrogen) atoms. The highest BCUT2D eigenvalue weighted by atomic mass is 35.5. The van der Waals surface area contributed by atoms with E-state index in [1.165, 1.54) is 0 Å². The van der Waals surface area contributed by atoms with Crippen LogP contribution < -0.4 is 10.6 Å². The van der Waals surface area contributed by atoms with E-state index in [1.807, 2.05) is 12.1 Å². The second-order valence-electron chi connectivity index (χ2n) is 4.98. The molecule has 0 aliphatic rings. The minimum Gasteiger partial charge on any atom is -0.382 e. The monoisotopic (exact) mass is 334 g/mol. The number of amides is 2. The van der Waals surface area contributed by atoms with E-state index in [9.17, 15) is 4.79 Å². The lowest BCUT2D eigenvalue weighted by Crippen LogP contribution is -2.39. The summed E-state index contributed by atoms with van der Waals surface area (Å²) < 4.78 is 5.17. The number of aromatic nitrogens is 2. The molecule has 0 radical (unpaired) electrons. The van der Waals surface area contributed by atoms with Crippen LogP contribution in [0.4, 0.5) is 4.79 Å². The van der Waals surface area contributed by atoms with Crippen molar-refractivity contribution in [2.24, 2.45) is 0 Å². The maximum atomic E-state index is 12.1. The molecule has 7 heteroatoms. The van der Waals surface area contributed by atoms with Gasteiger partial charge in [-0.15, -0.1) is 0 Å². The van der Waals surface area contributed by atoms with E-state index in [-0.39, 0.29) is 12.1 Å². The van der Waals surface area contributed by atoms with Gasteiger partial charge in [0, 0.05) is 18.3 Å². The summed E-state index contributed by atoms with van der Waals surface area (Å²) in [6.07, 6.45) is 1.67. The molecule has 0 unspecified atom stereocenters. The number of ether oxygens (including phenoxy) is 1. The number of rotatable bonds is 6. The van der Waals surface area contributed by atoms with Gasteiger partial charge in [0.1, 0.15) is 5.82 Å². The smallest absolute Gasteiger partial charge is 0.315 e. The fourth-order valence-electron chi connectivity index (χ4n) is 2.07. The fourth-order valence-corrected chi connectivity index (χ4v) is 2.19. The molecule has 0 aliphatic carbocycles. The molecule has 6 nitrogen and oxygen atoms in total. The van der Waals surface area contributed by atoms with Crippen LogP contribution in [-0.2, 0) is 11.3 Å². The Kier molecular flexibility index (Phi) is 6.31. The van der Waals surface area contributed by atoms with Gasteiger partial charge in [-0.2, -0.15) is 0 Å². The lowest BCUT2D eigenvalue weighted by molar-refractivity contribution is 0.166. The Balaban J connectivity index is 1.93. The van der Waals surface area contributed by atoms with Crippen molar-refractivity contribution in [1.29, 1.82) is 0 Å². The lowest BCUT2D eigenvalue weighted by atomic mass is 10.1. The number of carbonyl (C=O) groups excluding carboxylic acids is 1. The van der Waals surface area contributed by atoms with Crippen molar-refractivity contribution in [3.63, 3.8) is 0 Å². The van der Waals surface area contributed by atoms with E-state index in [4.69, 9.17) is 16.3 Å². The molecular formula is C16H19ClN4O2. The third-order valence-electron chi connectivity index (χ3n) is 3.17. The van der Waals surface area contributed by atoms with Crippen LogP contribution in [0.3, 0.4) is 0 Å². The average Bonchev–Trinajstić information content (AvgIpc) is 2.53. The fraction of sp³-hybridized carbons (Fsp3) is 0.312. The third kappa shape index (κ3) is 5.50. The standard InChI is InChI=1S/C16H19ClN4O2/c1-11-18-8-7-14(20-11)9-19-16(22)21-15(10-23-2)12-3-5-13(17)6-4-12/h3-8,15H,9-10H2,1-2H3,(H2,19,21,22)/t15-/m1/s1. The second kappa shape index (κ2) is 8.45. The van der Waals surface area contributed by atoms with Gasteiger partial charge in [0.05, 0.1) is 24.9 Å². The summed E-state index contributed by atoms with van der Waals surface area (Å²) >= 11 is 5.89. The van der Waals surface area contributed by atoms with Crippen molar-refractivity contribution in [2.45, 2.75) is 19.5 Å². The van der Waals surface area contributed by atoms with Crippen molar-refractivity contribution in [2.75, 3.05) is 13.7 Å². The van der Waals surface area contributed by atoms with Gasteiger partial charge in [-0.25, -0.2) is 14.8 Å². The van der Waals surface area contributed by atoms with Crippen molar-refractivity contribution >= 4 is 17.6 Å². The van der Waals surface area contributed by atoms with E-state index in [1.54, 1.807) is 38.4 Å². The molecule has 0 bridgehead atoms. The average molecular weight is 335 g/mol. The summed E-state index contributed by atoms with van der Waals surface area (Å²) in [4.78, 5) is 20.3. The predicted octanol–water partition coefficient (Wildman–Crippen LogP) is 2.63. The Morgan fingerprint density at radius 1 is 1.30 bits per heavy atom. The van der Waals surface area contributed by atoms with Gasteiger partial charge in [0.2, 0.25) is 0 Å². The third-order valence-corrected chi connectivity index (χ3v) is 3.43. The lowest BCUT2D eigenvalue weighted by Gasteiger charge is -2.19. The zero-order valence-electron chi connectivity index (χ0n) is 13.0. The number of halogens is 1. The number of urea groups is 1. The first-order chi connectivity index (χ1) is 11.1. The normalized spacial score (nSPS) is 11.8. The van der Waals surface area contributed by atoms with Crippen LogP contribution in [0.2, 0.25) is 5.02 Å². The van der Waals surface area contributed by atoms with Gasteiger partial charge in [-0.1, -0.05) is 23.7 Å². The van der Waals surface area contributed by atoms with Crippen LogP contribution in [0.25, 0.3) is 0 Å². The van der Waals surface area contributed by atoms with Crippen LogP contribution in [-0.4, -0.2) is 29.7 Å². The Morgan fingerprint density at radius 2 is 2.04 bits per heavy atom. The van der Waals surface area contributed by atoms with Crippen LogP contribution in [0.1, 0.15) is 23.1 Å². The molecule has 1 aromatic heterocycles.